The molecule has 1 aliphatic heterocycles. The third kappa shape index (κ3) is 6.10. The zero-order chi connectivity index (χ0) is 23.0. The van der Waals surface area contributed by atoms with E-state index in [9.17, 15) is 4.79 Å². The van der Waals surface area contributed by atoms with Crippen molar-refractivity contribution in [2.24, 2.45) is 0 Å². The van der Waals surface area contributed by atoms with Gasteiger partial charge < -0.3 is 19.5 Å². The molecule has 2 aliphatic rings. The Hall–Kier alpha value is -2.95. The molecule has 1 atom stereocenters. The van der Waals surface area contributed by atoms with Gasteiger partial charge in [-0.15, -0.1) is 0 Å². The third-order valence-corrected chi connectivity index (χ3v) is 6.51. The molecule has 0 aromatic heterocycles. The van der Waals surface area contributed by atoms with Gasteiger partial charge in [-0.3, -0.25) is 4.79 Å². The van der Waals surface area contributed by atoms with E-state index >= 15 is 0 Å². The van der Waals surface area contributed by atoms with Gasteiger partial charge in [0.1, 0.15) is 5.75 Å². The number of carbonyl (C=O) groups is 1. The van der Waals surface area contributed by atoms with Crippen LogP contribution in [-0.2, 0) is 4.79 Å². The van der Waals surface area contributed by atoms with Crippen LogP contribution in [-0.4, -0.2) is 32.3 Å². The van der Waals surface area contributed by atoms with E-state index in [2.05, 4.69) is 24.4 Å². The Morgan fingerprint density at radius 2 is 1.85 bits per heavy atom. The molecule has 1 saturated heterocycles. The molecular formula is C28H35NO4. The largest absolute Gasteiger partial charge is 0.494 e. The van der Waals surface area contributed by atoms with Crippen LogP contribution >= 0.6 is 0 Å². The zero-order valence-electron chi connectivity index (χ0n) is 19.8. The molecule has 1 saturated carbocycles. The molecule has 2 fully saturated rings. The molecule has 5 heteroatoms. The first-order chi connectivity index (χ1) is 16.2. The number of nitrogens with one attached hydrogen (secondary N) is 1. The zero-order valence-corrected chi connectivity index (χ0v) is 19.8. The number of ether oxygens (including phenoxy) is 3. The minimum Gasteiger partial charge on any atom is -0.494 e. The molecule has 0 bridgehead atoms. The van der Waals surface area contributed by atoms with E-state index in [0.29, 0.717) is 13.0 Å². The molecule has 176 valence electrons. The molecule has 4 rings (SSSR count). The number of hydrogen-bond acceptors (Lipinski definition) is 4. The van der Waals surface area contributed by atoms with Gasteiger partial charge in [0.2, 0.25) is 5.91 Å². The van der Waals surface area contributed by atoms with Gasteiger partial charge >= 0.3 is 0 Å². The van der Waals surface area contributed by atoms with Crippen molar-refractivity contribution in [1.82, 2.24) is 5.32 Å². The Labute approximate surface area is 197 Å². The number of piperidine rings is 1. The predicted octanol–water partition coefficient (Wildman–Crippen LogP) is 5.88. The Bertz CT molecular complexity index is 960. The van der Waals surface area contributed by atoms with Gasteiger partial charge in [0.15, 0.2) is 11.5 Å². The number of rotatable bonds is 9. The predicted molar refractivity (Wildman–Crippen MR) is 131 cm³/mol. The number of unbranched alkanes of at least 4 members (excludes halogenated alkanes) is 1. The molecule has 1 unspecified atom stereocenters. The van der Waals surface area contributed by atoms with Crippen LogP contribution in [0.25, 0.3) is 6.08 Å². The molecule has 1 amide bonds. The van der Waals surface area contributed by atoms with E-state index in [4.69, 9.17) is 14.2 Å². The molecule has 33 heavy (non-hydrogen) atoms. The summed E-state index contributed by atoms with van der Waals surface area (Å²) < 4.78 is 17.6. The van der Waals surface area contributed by atoms with Crippen molar-refractivity contribution < 1.29 is 19.0 Å². The fraction of sp³-hybridized carbons (Fsp3) is 0.464. The van der Waals surface area contributed by atoms with Crippen LogP contribution < -0.4 is 19.5 Å². The number of carbonyl (C=O) groups excluding carboxylic acids is 1. The monoisotopic (exact) mass is 449 g/mol. The second-order valence-electron chi connectivity index (χ2n) is 8.99. The molecular weight excluding hydrogens is 414 g/mol. The van der Waals surface area contributed by atoms with Crippen LogP contribution in [0.1, 0.15) is 68.9 Å². The van der Waals surface area contributed by atoms with Crippen LogP contribution in [0.2, 0.25) is 0 Å². The summed E-state index contributed by atoms with van der Waals surface area (Å²) in [7, 11) is 1.68. The summed E-state index contributed by atoms with van der Waals surface area (Å²) in [5.74, 6) is 2.64. The lowest BCUT2D eigenvalue weighted by molar-refractivity contribution is -0.118. The topological polar surface area (TPSA) is 56.8 Å². The molecule has 1 aliphatic carbocycles. The fourth-order valence-corrected chi connectivity index (χ4v) is 4.54. The molecule has 2 aromatic rings. The summed E-state index contributed by atoms with van der Waals surface area (Å²) in [6, 6.07) is 14.1. The summed E-state index contributed by atoms with van der Waals surface area (Å²) in [4.78, 5) is 12.6. The summed E-state index contributed by atoms with van der Waals surface area (Å²) >= 11 is 0. The van der Waals surface area contributed by atoms with Gasteiger partial charge in [0.05, 0.1) is 19.8 Å². The lowest BCUT2D eigenvalue weighted by Crippen LogP contribution is -2.35. The second-order valence-corrected chi connectivity index (χ2v) is 8.99. The highest BCUT2D eigenvalue weighted by Gasteiger charge is 2.26. The Kier molecular flexibility index (Phi) is 7.92. The van der Waals surface area contributed by atoms with E-state index in [-0.39, 0.29) is 17.9 Å². The Morgan fingerprint density at radius 3 is 2.58 bits per heavy atom. The number of benzene rings is 2. The SMILES string of the molecule is CCCCOc1ccc(C=C2CC(c3ccc(OC)c(OC4CCCC4)c3)CNC2=O)cc1. The van der Waals surface area contributed by atoms with Crippen LogP contribution in [0.4, 0.5) is 0 Å². The summed E-state index contributed by atoms with van der Waals surface area (Å²) in [6.45, 7) is 3.50. The highest BCUT2D eigenvalue weighted by molar-refractivity contribution is 5.98. The highest BCUT2D eigenvalue weighted by atomic mass is 16.5. The van der Waals surface area contributed by atoms with Crippen molar-refractivity contribution in [2.75, 3.05) is 20.3 Å². The number of hydrogen-bond donors (Lipinski definition) is 1. The first kappa shape index (κ1) is 23.2. The average molecular weight is 450 g/mol. The molecule has 0 radical (unpaired) electrons. The smallest absolute Gasteiger partial charge is 0.247 e. The van der Waals surface area contributed by atoms with Gasteiger partial charge in [-0.1, -0.05) is 31.5 Å². The second kappa shape index (κ2) is 11.3. The quantitative estimate of drug-likeness (QED) is 0.383. The first-order valence-electron chi connectivity index (χ1n) is 12.2. The Balaban J connectivity index is 1.47. The molecule has 1 N–H and O–H groups in total. The number of methoxy groups -OCH3 is 1. The lowest BCUT2D eigenvalue weighted by atomic mass is 9.87. The van der Waals surface area contributed by atoms with E-state index in [0.717, 1.165) is 66.2 Å². The standard InChI is InChI=1S/C28H35NO4/c1-3-4-15-32-24-12-9-20(10-13-24)16-22-17-23(19-29-28(22)30)21-11-14-26(31-2)27(18-21)33-25-7-5-6-8-25/h9-14,16,18,23,25H,3-8,15,17,19H2,1-2H3,(H,29,30). The molecule has 2 aromatic carbocycles. The van der Waals surface area contributed by atoms with Crippen molar-refractivity contribution >= 4 is 12.0 Å². The minimum absolute atomic E-state index is 0.00506. The summed E-state index contributed by atoms with van der Waals surface area (Å²) in [6.07, 6.45) is 9.75. The van der Waals surface area contributed by atoms with E-state index in [1.54, 1.807) is 7.11 Å². The lowest BCUT2D eigenvalue weighted by Gasteiger charge is -2.26. The first-order valence-corrected chi connectivity index (χ1v) is 12.2. The van der Waals surface area contributed by atoms with Crippen molar-refractivity contribution in [3.63, 3.8) is 0 Å². The van der Waals surface area contributed by atoms with Gasteiger partial charge in [-0.25, -0.2) is 0 Å². The van der Waals surface area contributed by atoms with Gasteiger partial charge in [-0.05, 0) is 80.0 Å². The van der Waals surface area contributed by atoms with Crippen molar-refractivity contribution in [3.05, 3.63) is 59.2 Å². The maximum atomic E-state index is 12.6. The van der Waals surface area contributed by atoms with Crippen molar-refractivity contribution in [2.45, 2.75) is 63.9 Å². The van der Waals surface area contributed by atoms with E-state index in [1.165, 1.54) is 12.8 Å². The van der Waals surface area contributed by atoms with E-state index in [1.807, 2.05) is 36.4 Å². The fourth-order valence-electron chi connectivity index (χ4n) is 4.54. The van der Waals surface area contributed by atoms with Crippen LogP contribution in [0.3, 0.4) is 0 Å². The molecule has 5 nitrogen and oxygen atoms in total. The van der Waals surface area contributed by atoms with Crippen LogP contribution in [0, 0.1) is 0 Å². The molecule has 1 heterocycles. The van der Waals surface area contributed by atoms with Gasteiger partial charge in [0, 0.05) is 18.0 Å². The summed E-state index contributed by atoms with van der Waals surface area (Å²) in [5, 5.41) is 3.06. The third-order valence-electron chi connectivity index (χ3n) is 6.51. The molecule has 0 spiro atoms. The minimum atomic E-state index is 0.00506. The normalized spacial score (nSPS) is 20.0. The highest BCUT2D eigenvalue weighted by Crippen LogP contribution is 2.36. The Morgan fingerprint density at radius 1 is 1.06 bits per heavy atom. The van der Waals surface area contributed by atoms with Crippen molar-refractivity contribution in [3.8, 4) is 17.2 Å². The maximum absolute atomic E-state index is 12.6. The van der Waals surface area contributed by atoms with Crippen LogP contribution in [0.15, 0.2) is 48.0 Å². The van der Waals surface area contributed by atoms with Gasteiger partial charge in [-0.2, -0.15) is 0 Å². The number of amides is 1. The summed E-state index contributed by atoms with van der Waals surface area (Å²) in [5.41, 5.74) is 2.96. The van der Waals surface area contributed by atoms with Gasteiger partial charge in [0.25, 0.3) is 0 Å². The van der Waals surface area contributed by atoms with Crippen LogP contribution in [0.5, 0.6) is 17.2 Å². The van der Waals surface area contributed by atoms with Crippen molar-refractivity contribution in [1.29, 1.82) is 0 Å². The maximum Gasteiger partial charge on any atom is 0.247 e. The average Bonchev–Trinajstić information content (AvgIpc) is 3.35. The van der Waals surface area contributed by atoms with E-state index < -0.39 is 0 Å².